The Morgan fingerprint density at radius 2 is 1.81 bits per heavy atom. The number of carbonyl (C=O) groups is 2. The molecular formula is C21H30N3O2S+. The number of imide groups is 1. The molecule has 3 amide bonds. The maximum atomic E-state index is 12.1. The number of urea groups is 1. The largest absolute Gasteiger partial charge is 0.338 e. The second-order valence-corrected chi connectivity index (χ2v) is 7.89. The van der Waals surface area contributed by atoms with Crippen LogP contribution in [0.15, 0.2) is 41.8 Å². The van der Waals surface area contributed by atoms with Crippen molar-refractivity contribution in [2.45, 2.75) is 45.6 Å². The van der Waals surface area contributed by atoms with Gasteiger partial charge in [0.05, 0.1) is 4.88 Å². The van der Waals surface area contributed by atoms with Crippen molar-refractivity contribution in [3.8, 4) is 0 Å². The zero-order valence-electron chi connectivity index (χ0n) is 16.3. The molecule has 0 bridgehead atoms. The van der Waals surface area contributed by atoms with Crippen LogP contribution in [0.2, 0.25) is 0 Å². The van der Waals surface area contributed by atoms with Gasteiger partial charge in [-0.05, 0) is 29.3 Å². The molecular weight excluding hydrogens is 358 g/mol. The second-order valence-electron chi connectivity index (χ2n) is 6.91. The second kappa shape index (κ2) is 10.8. The van der Waals surface area contributed by atoms with Crippen LogP contribution in [0.3, 0.4) is 0 Å². The Morgan fingerprint density at radius 1 is 1.11 bits per heavy atom. The summed E-state index contributed by atoms with van der Waals surface area (Å²) in [5, 5.41) is 9.11. The predicted octanol–water partition coefficient (Wildman–Crippen LogP) is 3.15. The van der Waals surface area contributed by atoms with Gasteiger partial charge in [0.15, 0.2) is 6.54 Å². The van der Waals surface area contributed by atoms with E-state index in [-0.39, 0.29) is 18.5 Å². The Kier molecular flexibility index (Phi) is 8.48. The van der Waals surface area contributed by atoms with E-state index in [0.717, 1.165) is 18.4 Å². The van der Waals surface area contributed by atoms with Gasteiger partial charge in [0.25, 0.3) is 5.91 Å². The molecule has 2 rings (SSSR count). The smallest absolute Gasteiger partial charge is 0.321 e. The first-order valence-electron chi connectivity index (χ1n) is 9.55. The maximum Gasteiger partial charge on any atom is 0.321 e. The van der Waals surface area contributed by atoms with Gasteiger partial charge in [-0.3, -0.25) is 10.1 Å². The zero-order chi connectivity index (χ0) is 19.6. The Bertz CT molecular complexity index is 712. The molecule has 27 heavy (non-hydrogen) atoms. The molecule has 0 radical (unpaired) electrons. The number of amides is 3. The van der Waals surface area contributed by atoms with Gasteiger partial charge in [0, 0.05) is 12.1 Å². The van der Waals surface area contributed by atoms with Crippen LogP contribution in [0.1, 0.15) is 61.6 Å². The summed E-state index contributed by atoms with van der Waals surface area (Å²) in [5.74, 6) is 0.199. The Morgan fingerprint density at radius 3 is 2.41 bits per heavy atom. The summed E-state index contributed by atoms with van der Waals surface area (Å²) in [5.41, 5.74) is 2.45. The number of carbonyl (C=O) groups excluding carboxylic acids is 2. The van der Waals surface area contributed by atoms with Crippen molar-refractivity contribution < 1.29 is 14.9 Å². The number of quaternary nitrogens is 1. The molecule has 1 aromatic heterocycles. The first kappa shape index (κ1) is 21.1. The maximum absolute atomic E-state index is 12.1. The molecule has 0 fully saturated rings. The number of benzene rings is 1. The van der Waals surface area contributed by atoms with E-state index in [1.165, 1.54) is 10.4 Å². The highest BCUT2D eigenvalue weighted by Gasteiger charge is 2.21. The highest BCUT2D eigenvalue weighted by Crippen LogP contribution is 2.24. The Balaban J connectivity index is 1.97. The normalized spacial score (nSPS) is 12.0. The van der Waals surface area contributed by atoms with Crippen molar-refractivity contribution in [3.05, 3.63) is 57.8 Å². The summed E-state index contributed by atoms with van der Waals surface area (Å²) < 4.78 is 0. The van der Waals surface area contributed by atoms with E-state index in [2.05, 4.69) is 61.7 Å². The number of nitrogens with one attached hydrogen (secondary N) is 2. The molecule has 0 aliphatic heterocycles. The molecule has 0 spiro atoms. The minimum Gasteiger partial charge on any atom is -0.338 e. The van der Waals surface area contributed by atoms with Crippen LogP contribution in [-0.4, -0.2) is 25.0 Å². The Hall–Kier alpha value is -2.18. The fourth-order valence-corrected chi connectivity index (χ4v) is 3.65. The van der Waals surface area contributed by atoms with E-state index in [0.29, 0.717) is 12.5 Å². The quantitative estimate of drug-likeness (QED) is 0.577. The van der Waals surface area contributed by atoms with Crippen molar-refractivity contribution in [3.63, 3.8) is 0 Å². The number of thiophene rings is 1. The average Bonchev–Trinajstić information content (AvgIpc) is 3.17. The van der Waals surface area contributed by atoms with Crippen LogP contribution in [0, 0.1) is 0 Å². The molecule has 1 atom stereocenters. The molecule has 1 heterocycles. The number of nitrogens with two attached hydrogens (primary N) is 1. The van der Waals surface area contributed by atoms with Crippen molar-refractivity contribution in [2.75, 3.05) is 13.1 Å². The summed E-state index contributed by atoms with van der Waals surface area (Å²) in [6, 6.07) is 12.3. The molecule has 0 aliphatic rings. The lowest BCUT2D eigenvalue weighted by atomic mass is 9.98. The molecule has 146 valence electrons. The van der Waals surface area contributed by atoms with E-state index < -0.39 is 6.03 Å². The van der Waals surface area contributed by atoms with Crippen molar-refractivity contribution in [2.24, 2.45) is 0 Å². The van der Waals surface area contributed by atoms with Gasteiger partial charge in [-0.2, -0.15) is 0 Å². The van der Waals surface area contributed by atoms with E-state index in [9.17, 15) is 9.59 Å². The fourth-order valence-electron chi connectivity index (χ4n) is 2.80. The van der Waals surface area contributed by atoms with Gasteiger partial charge >= 0.3 is 6.03 Å². The number of hydrogen-bond acceptors (Lipinski definition) is 3. The molecule has 0 saturated carbocycles. The van der Waals surface area contributed by atoms with Crippen LogP contribution in [0.4, 0.5) is 4.79 Å². The molecule has 6 heteroatoms. The van der Waals surface area contributed by atoms with E-state index >= 15 is 0 Å². The van der Waals surface area contributed by atoms with Crippen LogP contribution in [-0.2, 0) is 4.79 Å². The van der Waals surface area contributed by atoms with Gasteiger partial charge in [-0.1, -0.05) is 57.5 Å². The minimum atomic E-state index is -0.421. The fraction of sp³-hybridized carbons (Fsp3) is 0.429. The first-order chi connectivity index (χ1) is 13.0. The molecule has 0 aliphatic carbocycles. The minimum absolute atomic E-state index is 0.0418. The third-order valence-corrected chi connectivity index (χ3v) is 5.38. The third-order valence-electron chi connectivity index (χ3n) is 4.42. The lowest BCUT2D eigenvalue weighted by Crippen LogP contribution is -2.87. The molecule has 5 nitrogen and oxygen atoms in total. The van der Waals surface area contributed by atoms with Crippen LogP contribution in [0.25, 0.3) is 0 Å². The predicted molar refractivity (Wildman–Crippen MR) is 110 cm³/mol. The van der Waals surface area contributed by atoms with Crippen LogP contribution >= 0.6 is 11.3 Å². The summed E-state index contributed by atoms with van der Waals surface area (Å²) in [4.78, 5) is 25.0. The molecule has 4 N–H and O–H groups in total. The summed E-state index contributed by atoms with van der Waals surface area (Å²) in [6.07, 6.45) is 1.90. The third kappa shape index (κ3) is 6.81. The summed E-state index contributed by atoms with van der Waals surface area (Å²) in [7, 11) is 0. The molecule has 1 aromatic carbocycles. The van der Waals surface area contributed by atoms with E-state index in [1.807, 2.05) is 16.8 Å². The molecule has 0 unspecified atom stereocenters. The van der Waals surface area contributed by atoms with Crippen molar-refractivity contribution >= 4 is 23.3 Å². The van der Waals surface area contributed by atoms with Crippen molar-refractivity contribution in [1.82, 2.24) is 10.6 Å². The highest BCUT2D eigenvalue weighted by molar-refractivity contribution is 7.10. The zero-order valence-corrected chi connectivity index (χ0v) is 17.1. The van der Waals surface area contributed by atoms with Gasteiger partial charge < -0.3 is 10.6 Å². The topological polar surface area (TPSA) is 74.8 Å². The summed E-state index contributed by atoms with van der Waals surface area (Å²) >= 11 is 1.67. The number of hydrogen-bond donors (Lipinski definition) is 3. The highest BCUT2D eigenvalue weighted by atomic mass is 32.1. The van der Waals surface area contributed by atoms with Crippen LogP contribution in [0.5, 0.6) is 0 Å². The van der Waals surface area contributed by atoms with Crippen molar-refractivity contribution in [1.29, 1.82) is 0 Å². The standard InChI is InChI=1S/C21H29N3O2S/c1-4-5-12-22-21(26)24-19(25)14-23-20(18-7-6-13-27-18)17-10-8-16(9-11-17)15(2)3/h6-11,13,15,20,23H,4-5,12,14H2,1-3H3,(H2,22,24,25,26)/p+1/t20-/m0/s1. The molecule has 0 saturated heterocycles. The van der Waals surface area contributed by atoms with E-state index in [1.54, 1.807) is 11.3 Å². The monoisotopic (exact) mass is 388 g/mol. The van der Waals surface area contributed by atoms with E-state index in [4.69, 9.17) is 0 Å². The van der Waals surface area contributed by atoms with Gasteiger partial charge in [0.1, 0.15) is 6.04 Å². The first-order valence-corrected chi connectivity index (χ1v) is 10.4. The lowest BCUT2D eigenvalue weighted by Gasteiger charge is -2.16. The molecule has 2 aromatic rings. The number of unbranched alkanes of at least 4 members (excludes halogenated alkanes) is 1. The van der Waals surface area contributed by atoms with Gasteiger partial charge in [-0.25, -0.2) is 4.79 Å². The van der Waals surface area contributed by atoms with Gasteiger partial charge in [0.2, 0.25) is 0 Å². The Labute approximate surface area is 165 Å². The summed E-state index contributed by atoms with van der Waals surface area (Å²) in [6.45, 7) is 7.18. The van der Waals surface area contributed by atoms with Gasteiger partial charge in [-0.15, -0.1) is 11.3 Å². The number of rotatable bonds is 9. The van der Waals surface area contributed by atoms with Crippen LogP contribution < -0.4 is 16.0 Å². The average molecular weight is 389 g/mol. The lowest BCUT2D eigenvalue weighted by molar-refractivity contribution is -0.676. The SMILES string of the molecule is CCCCNC(=O)NC(=O)C[NH2+][C@@H](c1ccc(C(C)C)cc1)c1cccs1.